The van der Waals surface area contributed by atoms with E-state index in [-0.39, 0.29) is 23.6 Å². The number of ketones is 1. The molecule has 0 unspecified atom stereocenters. The Balaban J connectivity index is 1.73. The summed E-state index contributed by atoms with van der Waals surface area (Å²) in [6, 6.07) is 20.6. The molecule has 0 aliphatic heterocycles. The second-order valence-electron chi connectivity index (χ2n) is 7.11. The van der Waals surface area contributed by atoms with E-state index >= 15 is 0 Å². The topological polar surface area (TPSA) is 87.5 Å². The van der Waals surface area contributed by atoms with Gasteiger partial charge in [-0.1, -0.05) is 36.4 Å². The van der Waals surface area contributed by atoms with Gasteiger partial charge in [-0.05, 0) is 43.3 Å². The molecule has 0 N–H and O–H groups in total. The first kappa shape index (κ1) is 21.0. The van der Waals surface area contributed by atoms with Gasteiger partial charge in [0.05, 0.1) is 18.2 Å². The number of carbonyl (C=O) groups excluding carboxylic acids is 2. The number of Topliss-reactive ketones (excluding diaryl/α,β-unsaturated/α-hetero) is 1. The van der Waals surface area contributed by atoms with Crippen LogP contribution in [0, 0.1) is 0 Å². The Morgan fingerprint density at radius 1 is 0.938 bits per heavy atom. The molecule has 0 bridgehead atoms. The summed E-state index contributed by atoms with van der Waals surface area (Å²) in [4.78, 5) is 37.7. The van der Waals surface area contributed by atoms with Crippen molar-refractivity contribution in [1.29, 1.82) is 0 Å². The Labute approximate surface area is 183 Å². The molecule has 0 atom stereocenters. The van der Waals surface area contributed by atoms with Gasteiger partial charge in [-0.2, -0.15) is 9.78 Å². The summed E-state index contributed by atoms with van der Waals surface area (Å²) < 4.78 is 12.0. The van der Waals surface area contributed by atoms with Crippen molar-refractivity contribution < 1.29 is 19.1 Å². The van der Waals surface area contributed by atoms with E-state index < -0.39 is 5.97 Å². The smallest absolute Gasteiger partial charge is 0.359 e. The molecule has 1 aromatic heterocycles. The van der Waals surface area contributed by atoms with Crippen LogP contribution in [-0.2, 0) is 11.3 Å². The van der Waals surface area contributed by atoms with Crippen LogP contribution in [-0.4, -0.2) is 28.6 Å². The van der Waals surface area contributed by atoms with E-state index in [0.29, 0.717) is 33.3 Å². The molecular weight excluding hydrogens is 408 g/mol. The van der Waals surface area contributed by atoms with Gasteiger partial charge in [0.2, 0.25) is 0 Å². The maximum atomic E-state index is 13.0. The normalized spacial score (nSPS) is 10.7. The molecule has 32 heavy (non-hydrogen) atoms. The van der Waals surface area contributed by atoms with Crippen LogP contribution in [0.1, 0.15) is 33.3 Å². The van der Waals surface area contributed by atoms with E-state index in [1.165, 1.54) is 18.7 Å². The largest absolute Gasteiger partial charge is 0.496 e. The van der Waals surface area contributed by atoms with Crippen molar-refractivity contribution in [3.63, 3.8) is 0 Å². The summed E-state index contributed by atoms with van der Waals surface area (Å²) >= 11 is 0. The van der Waals surface area contributed by atoms with Crippen LogP contribution in [0.25, 0.3) is 16.5 Å². The summed E-state index contributed by atoms with van der Waals surface area (Å²) in [7, 11) is 1.50. The fourth-order valence-corrected chi connectivity index (χ4v) is 3.41. The lowest BCUT2D eigenvalue weighted by atomic mass is 10.1. The highest BCUT2D eigenvalue weighted by molar-refractivity contribution is 6.02. The van der Waals surface area contributed by atoms with Crippen molar-refractivity contribution in [3.8, 4) is 11.4 Å². The molecule has 3 aromatic carbocycles. The monoisotopic (exact) mass is 428 g/mol. The van der Waals surface area contributed by atoms with Gasteiger partial charge in [0.15, 0.2) is 11.5 Å². The number of carbonyl (C=O) groups is 2. The lowest BCUT2D eigenvalue weighted by Gasteiger charge is -2.13. The first-order valence-electron chi connectivity index (χ1n) is 9.92. The van der Waals surface area contributed by atoms with Gasteiger partial charge in [0.1, 0.15) is 12.4 Å². The Hall–Kier alpha value is -4.26. The third-order valence-corrected chi connectivity index (χ3v) is 5.04. The maximum Gasteiger partial charge on any atom is 0.359 e. The number of hydrogen-bond acceptors (Lipinski definition) is 6. The zero-order valence-corrected chi connectivity index (χ0v) is 17.6. The van der Waals surface area contributed by atoms with Gasteiger partial charge in [-0.15, -0.1) is 0 Å². The number of aromatic nitrogens is 2. The predicted octanol–water partition coefficient (Wildman–Crippen LogP) is 3.95. The lowest BCUT2D eigenvalue weighted by molar-refractivity contribution is 0.0463. The second kappa shape index (κ2) is 8.85. The van der Waals surface area contributed by atoms with Gasteiger partial charge in [-0.3, -0.25) is 9.59 Å². The fourth-order valence-electron chi connectivity index (χ4n) is 3.41. The number of para-hydroxylation sites is 1. The molecule has 4 rings (SSSR count). The van der Waals surface area contributed by atoms with E-state index in [2.05, 4.69) is 5.10 Å². The van der Waals surface area contributed by atoms with Crippen molar-refractivity contribution in [1.82, 2.24) is 9.78 Å². The standard InChI is InChI=1S/C25H20N2O5/c1-16(28)17-12-13-22(31-2)18(14-17)15-32-25(30)23-20-10-6-7-11-21(20)24(29)27(26-23)19-8-4-3-5-9-19/h3-14H,15H2,1-2H3. The maximum absolute atomic E-state index is 13.0. The molecule has 0 aliphatic rings. The summed E-state index contributed by atoms with van der Waals surface area (Å²) in [5.74, 6) is -0.307. The quantitative estimate of drug-likeness (QED) is 0.341. The van der Waals surface area contributed by atoms with E-state index in [9.17, 15) is 14.4 Å². The summed E-state index contributed by atoms with van der Waals surface area (Å²) in [5.41, 5.74) is 1.25. The number of esters is 1. The molecular formula is C25H20N2O5. The number of hydrogen-bond donors (Lipinski definition) is 0. The van der Waals surface area contributed by atoms with Crippen LogP contribution in [0.15, 0.2) is 77.6 Å². The van der Waals surface area contributed by atoms with Crippen LogP contribution in [0.3, 0.4) is 0 Å². The van der Waals surface area contributed by atoms with Crippen molar-refractivity contribution in [3.05, 3.63) is 100.0 Å². The molecule has 0 saturated heterocycles. The van der Waals surface area contributed by atoms with Crippen LogP contribution in [0.5, 0.6) is 5.75 Å². The number of benzene rings is 3. The zero-order chi connectivity index (χ0) is 22.7. The third kappa shape index (κ3) is 4.00. The molecule has 0 spiro atoms. The minimum absolute atomic E-state index is 0.0192. The fraction of sp³-hybridized carbons (Fsp3) is 0.120. The van der Waals surface area contributed by atoms with Crippen molar-refractivity contribution in [2.24, 2.45) is 0 Å². The highest BCUT2D eigenvalue weighted by atomic mass is 16.5. The number of ether oxygens (including phenoxy) is 2. The predicted molar refractivity (Wildman–Crippen MR) is 119 cm³/mol. The minimum atomic E-state index is -0.693. The molecule has 160 valence electrons. The van der Waals surface area contributed by atoms with Crippen molar-refractivity contribution >= 4 is 22.5 Å². The van der Waals surface area contributed by atoms with Crippen LogP contribution in [0.2, 0.25) is 0 Å². The molecule has 0 radical (unpaired) electrons. The Bertz CT molecular complexity index is 1380. The Morgan fingerprint density at radius 2 is 1.62 bits per heavy atom. The number of rotatable bonds is 6. The van der Waals surface area contributed by atoms with Crippen LogP contribution >= 0.6 is 0 Å². The van der Waals surface area contributed by atoms with Gasteiger partial charge in [-0.25, -0.2) is 4.79 Å². The number of methoxy groups -OCH3 is 1. The van der Waals surface area contributed by atoms with Crippen molar-refractivity contribution in [2.45, 2.75) is 13.5 Å². The Morgan fingerprint density at radius 3 is 2.31 bits per heavy atom. The second-order valence-corrected chi connectivity index (χ2v) is 7.11. The van der Waals surface area contributed by atoms with Gasteiger partial charge < -0.3 is 9.47 Å². The highest BCUT2D eigenvalue weighted by Crippen LogP contribution is 2.22. The third-order valence-electron chi connectivity index (χ3n) is 5.04. The first-order valence-corrected chi connectivity index (χ1v) is 9.92. The zero-order valence-electron chi connectivity index (χ0n) is 17.6. The van der Waals surface area contributed by atoms with E-state index in [1.54, 1.807) is 66.7 Å². The SMILES string of the molecule is COc1ccc(C(C)=O)cc1COC(=O)c1nn(-c2ccccc2)c(=O)c2ccccc12. The van der Waals surface area contributed by atoms with E-state index in [4.69, 9.17) is 9.47 Å². The number of fused-ring (bicyclic) bond motifs is 1. The lowest BCUT2D eigenvalue weighted by Crippen LogP contribution is -2.25. The van der Waals surface area contributed by atoms with Gasteiger partial charge >= 0.3 is 5.97 Å². The Kier molecular flexibility index (Phi) is 5.81. The molecule has 0 fully saturated rings. The molecule has 4 aromatic rings. The van der Waals surface area contributed by atoms with Crippen molar-refractivity contribution in [2.75, 3.05) is 7.11 Å². The molecule has 7 nitrogen and oxygen atoms in total. The summed E-state index contributed by atoms with van der Waals surface area (Å²) in [6.07, 6.45) is 0. The number of nitrogens with zero attached hydrogens (tertiary/aromatic N) is 2. The minimum Gasteiger partial charge on any atom is -0.496 e. The average Bonchev–Trinajstić information content (AvgIpc) is 2.83. The molecule has 7 heteroatoms. The summed E-state index contributed by atoms with van der Waals surface area (Å²) in [5, 5.41) is 5.07. The molecule has 0 aliphatic carbocycles. The van der Waals surface area contributed by atoms with Gasteiger partial charge in [0.25, 0.3) is 5.56 Å². The highest BCUT2D eigenvalue weighted by Gasteiger charge is 2.19. The molecule has 0 amide bonds. The molecule has 1 heterocycles. The average molecular weight is 428 g/mol. The van der Waals surface area contributed by atoms with Gasteiger partial charge in [0, 0.05) is 16.5 Å². The van der Waals surface area contributed by atoms with E-state index in [0.717, 1.165) is 0 Å². The molecule has 0 saturated carbocycles. The summed E-state index contributed by atoms with van der Waals surface area (Å²) in [6.45, 7) is 1.34. The first-order chi connectivity index (χ1) is 15.5. The van der Waals surface area contributed by atoms with E-state index in [1.807, 2.05) is 6.07 Å². The van der Waals surface area contributed by atoms with Crippen LogP contribution in [0.4, 0.5) is 0 Å². The van der Waals surface area contributed by atoms with Crippen LogP contribution < -0.4 is 10.3 Å².